The number of hydrogen-bond acceptors (Lipinski definition) is 0. The second-order valence-corrected chi connectivity index (χ2v) is 3.08. The van der Waals surface area contributed by atoms with E-state index in [2.05, 4.69) is 13.2 Å². The van der Waals surface area contributed by atoms with Gasteiger partial charge >= 0.3 is 0 Å². The van der Waals surface area contributed by atoms with Crippen LogP contribution in [0.25, 0.3) is 0 Å². The summed E-state index contributed by atoms with van der Waals surface area (Å²) in [6.45, 7) is 10.8. The molecule has 11 heavy (non-hydrogen) atoms. The Morgan fingerprint density at radius 1 is 1.45 bits per heavy atom. The Kier molecular flexibility index (Phi) is 4.12. The first-order chi connectivity index (χ1) is 4.95. The lowest BCUT2D eigenvalue weighted by molar-refractivity contribution is 0.656. The average Bonchev–Trinajstić information content (AvgIpc) is 1.87. The van der Waals surface area contributed by atoms with Crippen LogP contribution in [-0.2, 0) is 0 Å². The first-order valence-electron chi connectivity index (χ1n) is 3.36. The molecule has 0 spiro atoms. The normalized spacial score (nSPS) is 11.9. The maximum atomic E-state index is 12.7. The van der Waals surface area contributed by atoms with Crippen LogP contribution in [0.4, 0.5) is 4.39 Å². The molecule has 0 bridgehead atoms. The van der Waals surface area contributed by atoms with Gasteiger partial charge in [0.05, 0.1) is 5.03 Å². The molecule has 0 unspecified atom stereocenters. The highest BCUT2D eigenvalue weighted by Crippen LogP contribution is 2.18. The van der Waals surface area contributed by atoms with E-state index in [1.54, 1.807) is 0 Å². The van der Waals surface area contributed by atoms with Crippen molar-refractivity contribution in [3.63, 3.8) is 0 Å². The van der Waals surface area contributed by atoms with Gasteiger partial charge in [0.25, 0.3) is 0 Å². The van der Waals surface area contributed by atoms with Gasteiger partial charge in [0.15, 0.2) is 0 Å². The Labute approximate surface area is 72.1 Å². The van der Waals surface area contributed by atoms with Crippen LogP contribution < -0.4 is 0 Å². The van der Waals surface area contributed by atoms with Gasteiger partial charge in [0, 0.05) is 0 Å². The van der Waals surface area contributed by atoms with Crippen molar-refractivity contribution in [2.24, 2.45) is 5.92 Å². The minimum absolute atomic E-state index is 0.0770. The van der Waals surface area contributed by atoms with Crippen molar-refractivity contribution >= 4 is 11.6 Å². The van der Waals surface area contributed by atoms with Crippen molar-refractivity contribution in [3.05, 3.63) is 35.7 Å². The van der Waals surface area contributed by atoms with Crippen LogP contribution in [0.3, 0.4) is 0 Å². The third-order valence-corrected chi connectivity index (χ3v) is 1.49. The third kappa shape index (κ3) is 3.99. The molecule has 0 aromatic heterocycles. The highest BCUT2D eigenvalue weighted by atomic mass is 35.5. The summed E-state index contributed by atoms with van der Waals surface area (Å²) in [7, 11) is 0. The molecule has 0 amide bonds. The van der Waals surface area contributed by atoms with Crippen LogP contribution in [0.5, 0.6) is 0 Å². The fourth-order valence-electron chi connectivity index (χ4n) is 0.408. The topological polar surface area (TPSA) is 0 Å². The molecular weight excluding hydrogens is 163 g/mol. The van der Waals surface area contributed by atoms with Crippen molar-refractivity contribution < 1.29 is 4.39 Å². The summed E-state index contributed by atoms with van der Waals surface area (Å²) in [5.41, 5.74) is 0.712. The van der Waals surface area contributed by atoms with Gasteiger partial charge in [0.1, 0.15) is 5.83 Å². The molecule has 0 saturated carbocycles. The van der Waals surface area contributed by atoms with Crippen LogP contribution in [0.1, 0.15) is 13.8 Å². The lowest BCUT2D eigenvalue weighted by Crippen LogP contribution is -1.88. The van der Waals surface area contributed by atoms with Crippen LogP contribution in [-0.4, -0.2) is 0 Å². The fourth-order valence-corrected chi connectivity index (χ4v) is 0.462. The first-order valence-corrected chi connectivity index (χ1v) is 3.73. The average molecular weight is 175 g/mol. The summed E-state index contributed by atoms with van der Waals surface area (Å²) in [6, 6.07) is 0. The molecule has 0 rings (SSSR count). The smallest absolute Gasteiger partial charge is 0.141 e. The van der Waals surface area contributed by atoms with E-state index in [1.807, 2.05) is 13.8 Å². The van der Waals surface area contributed by atoms with Crippen LogP contribution >= 0.6 is 11.6 Å². The largest absolute Gasteiger partial charge is 0.205 e. The van der Waals surface area contributed by atoms with Gasteiger partial charge in [-0.1, -0.05) is 38.6 Å². The zero-order valence-electron chi connectivity index (χ0n) is 6.82. The van der Waals surface area contributed by atoms with Crippen molar-refractivity contribution in [1.29, 1.82) is 0 Å². The summed E-state index contributed by atoms with van der Waals surface area (Å²) < 4.78 is 12.7. The van der Waals surface area contributed by atoms with Crippen molar-refractivity contribution in [2.45, 2.75) is 13.8 Å². The van der Waals surface area contributed by atoms with Crippen LogP contribution in [0.15, 0.2) is 35.7 Å². The Morgan fingerprint density at radius 2 is 1.91 bits per heavy atom. The Morgan fingerprint density at radius 3 is 2.18 bits per heavy atom. The van der Waals surface area contributed by atoms with Gasteiger partial charge in [-0.2, -0.15) is 0 Å². The van der Waals surface area contributed by atoms with E-state index >= 15 is 0 Å². The monoisotopic (exact) mass is 174 g/mol. The fraction of sp³-hybridized carbons (Fsp3) is 0.333. The minimum Gasteiger partial charge on any atom is -0.205 e. The molecule has 0 N–H and O–H groups in total. The number of halogens is 2. The Balaban J connectivity index is 4.32. The summed E-state index contributed by atoms with van der Waals surface area (Å²) in [4.78, 5) is 0. The molecule has 0 atom stereocenters. The van der Waals surface area contributed by atoms with E-state index in [9.17, 15) is 4.39 Å². The Bertz CT molecular complexity index is 202. The summed E-state index contributed by atoms with van der Waals surface area (Å²) in [5.74, 6) is -0.276. The molecule has 2 heteroatoms. The molecule has 0 saturated heterocycles. The predicted molar refractivity (Wildman–Crippen MR) is 48.2 cm³/mol. The van der Waals surface area contributed by atoms with E-state index in [0.29, 0.717) is 5.57 Å². The summed E-state index contributed by atoms with van der Waals surface area (Å²) in [6.07, 6.45) is 1.31. The second kappa shape index (κ2) is 4.35. The van der Waals surface area contributed by atoms with Gasteiger partial charge in [-0.25, -0.2) is 4.39 Å². The first kappa shape index (κ1) is 10.4. The predicted octanol–water partition coefficient (Wildman–Crippen LogP) is 3.80. The van der Waals surface area contributed by atoms with E-state index in [-0.39, 0.29) is 11.0 Å². The highest BCUT2D eigenvalue weighted by molar-refractivity contribution is 6.31. The van der Waals surface area contributed by atoms with Gasteiger partial charge in [-0.3, -0.25) is 0 Å². The standard InChI is InChI=1S/C9H12ClF/c1-6(2)7(3)5-9(11)8(4)10/h5-6H,3-4H2,1-2H3/b9-5+. The number of rotatable bonds is 3. The Hall–Kier alpha value is -0.560. The van der Waals surface area contributed by atoms with Gasteiger partial charge in [-0.05, 0) is 17.6 Å². The van der Waals surface area contributed by atoms with E-state index in [1.165, 1.54) is 6.08 Å². The molecular formula is C9H12ClF. The highest BCUT2D eigenvalue weighted by Gasteiger charge is 2.01. The van der Waals surface area contributed by atoms with Crippen LogP contribution in [0.2, 0.25) is 0 Å². The molecule has 0 heterocycles. The van der Waals surface area contributed by atoms with Crippen molar-refractivity contribution in [3.8, 4) is 0 Å². The molecule has 0 fully saturated rings. The van der Waals surface area contributed by atoms with Crippen molar-refractivity contribution in [2.75, 3.05) is 0 Å². The van der Waals surface area contributed by atoms with Gasteiger partial charge in [0.2, 0.25) is 0 Å². The zero-order chi connectivity index (χ0) is 9.02. The molecule has 0 aliphatic carbocycles. The van der Waals surface area contributed by atoms with E-state index in [0.717, 1.165) is 0 Å². The number of allylic oxidation sites excluding steroid dienone is 4. The lowest BCUT2D eigenvalue weighted by atomic mass is 10.1. The van der Waals surface area contributed by atoms with Crippen LogP contribution in [0, 0.1) is 5.92 Å². The summed E-state index contributed by atoms with van der Waals surface area (Å²) >= 11 is 5.30. The zero-order valence-corrected chi connectivity index (χ0v) is 7.58. The SMILES string of the molecule is C=C(Cl)/C(F)=C\C(=C)C(C)C. The molecule has 0 aliphatic heterocycles. The maximum absolute atomic E-state index is 12.7. The van der Waals surface area contributed by atoms with Crippen molar-refractivity contribution in [1.82, 2.24) is 0 Å². The number of hydrogen-bond donors (Lipinski definition) is 0. The second-order valence-electron chi connectivity index (χ2n) is 2.63. The summed E-state index contributed by atoms with van der Waals surface area (Å²) in [5, 5.41) is -0.0770. The molecule has 0 aromatic carbocycles. The van der Waals surface area contributed by atoms with E-state index in [4.69, 9.17) is 11.6 Å². The van der Waals surface area contributed by atoms with Gasteiger partial charge in [-0.15, -0.1) is 0 Å². The quantitative estimate of drug-likeness (QED) is 0.571. The molecule has 62 valence electrons. The molecule has 0 radical (unpaired) electrons. The lowest BCUT2D eigenvalue weighted by Gasteiger charge is -2.02. The van der Waals surface area contributed by atoms with E-state index < -0.39 is 5.83 Å². The minimum atomic E-state index is -0.509. The molecule has 0 aromatic rings. The third-order valence-electron chi connectivity index (χ3n) is 1.31. The maximum Gasteiger partial charge on any atom is 0.141 e. The molecule has 0 nitrogen and oxygen atoms in total. The molecule has 0 aliphatic rings. The van der Waals surface area contributed by atoms with Gasteiger partial charge < -0.3 is 0 Å².